The Labute approximate surface area is 101 Å². The van der Waals surface area contributed by atoms with E-state index >= 15 is 0 Å². The standard InChI is InChI=1S/C11H18N4O2/c1-17-8-7-14-11(16)5-6-13-10-4-2-3-9(12)15-10/h2-4H,5-8H2,1H3,(H,14,16)(H3,12,13,15). The van der Waals surface area contributed by atoms with Crippen LogP contribution in [0.1, 0.15) is 6.42 Å². The van der Waals surface area contributed by atoms with Crippen LogP contribution in [0.5, 0.6) is 0 Å². The second-order valence-electron chi connectivity index (χ2n) is 3.47. The summed E-state index contributed by atoms with van der Waals surface area (Å²) in [7, 11) is 1.60. The van der Waals surface area contributed by atoms with Crippen molar-refractivity contribution in [1.82, 2.24) is 10.3 Å². The number of nitrogens with zero attached hydrogens (tertiary/aromatic N) is 1. The maximum absolute atomic E-state index is 11.3. The molecule has 1 rings (SSSR count). The highest BCUT2D eigenvalue weighted by atomic mass is 16.5. The molecule has 6 nitrogen and oxygen atoms in total. The number of nitrogen functional groups attached to an aromatic ring is 1. The molecule has 1 aromatic heterocycles. The zero-order valence-electron chi connectivity index (χ0n) is 9.90. The molecule has 0 fully saturated rings. The predicted molar refractivity (Wildman–Crippen MR) is 66.6 cm³/mol. The number of rotatable bonds is 7. The second-order valence-corrected chi connectivity index (χ2v) is 3.47. The summed E-state index contributed by atoms with van der Waals surface area (Å²) in [6.45, 7) is 1.58. The number of hydrogen-bond acceptors (Lipinski definition) is 5. The first-order valence-corrected chi connectivity index (χ1v) is 5.44. The minimum absolute atomic E-state index is 0.0153. The molecule has 17 heavy (non-hydrogen) atoms. The second kappa shape index (κ2) is 7.45. The van der Waals surface area contributed by atoms with Crippen molar-refractivity contribution < 1.29 is 9.53 Å². The Bertz CT molecular complexity index is 357. The Kier molecular flexibility index (Phi) is 5.81. The third kappa shape index (κ3) is 5.72. The van der Waals surface area contributed by atoms with Crippen LogP contribution in [0, 0.1) is 0 Å². The molecule has 94 valence electrons. The molecule has 0 saturated carbocycles. The van der Waals surface area contributed by atoms with Gasteiger partial charge >= 0.3 is 0 Å². The van der Waals surface area contributed by atoms with E-state index in [1.54, 1.807) is 19.2 Å². The lowest BCUT2D eigenvalue weighted by Crippen LogP contribution is -2.28. The maximum Gasteiger partial charge on any atom is 0.221 e. The van der Waals surface area contributed by atoms with E-state index in [9.17, 15) is 4.79 Å². The average Bonchev–Trinajstić information content (AvgIpc) is 2.29. The summed E-state index contributed by atoms with van der Waals surface area (Å²) < 4.78 is 4.82. The van der Waals surface area contributed by atoms with Gasteiger partial charge in [-0.2, -0.15) is 0 Å². The van der Waals surface area contributed by atoms with Crippen LogP contribution in [-0.4, -0.2) is 37.7 Å². The average molecular weight is 238 g/mol. The number of carbonyl (C=O) groups is 1. The van der Waals surface area contributed by atoms with Gasteiger partial charge in [0.05, 0.1) is 6.61 Å². The number of methoxy groups -OCH3 is 1. The summed E-state index contributed by atoms with van der Waals surface area (Å²) in [6, 6.07) is 5.32. The molecule has 6 heteroatoms. The van der Waals surface area contributed by atoms with Crippen LogP contribution in [0.4, 0.5) is 11.6 Å². The zero-order chi connectivity index (χ0) is 12.5. The van der Waals surface area contributed by atoms with E-state index in [0.29, 0.717) is 37.8 Å². The van der Waals surface area contributed by atoms with Gasteiger partial charge in [0.15, 0.2) is 0 Å². The van der Waals surface area contributed by atoms with E-state index in [0.717, 1.165) is 0 Å². The van der Waals surface area contributed by atoms with Crippen LogP contribution in [0.25, 0.3) is 0 Å². The van der Waals surface area contributed by atoms with Crippen molar-refractivity contribution in [3.8, 4) is 0 Å². The van der Waals surface area contributed by atoms with Gasteiger partial charge in [-0.25, -0.2) is 4.98 Å². The molecule has 0 radical (unpaired) electrons. The fourth-order valence-corrected chi connectivity index (χ4v) is 1.23. The van der Waals surface area contributed by atoms with Gasteiger partial charge in [0.2, 0.25) is 5.91 Å². The van der Waals surface area contributed by atoms with Crippen LogP contribution in [-0.2, 0) is 9.53 Å². The Morgan fingerprint density at radius 2 is 2.29 bits per heavy atom. The van der Waals surface area contributed by atoms with Gasteiger partial charge in [-0.3, -0.25) is 4.79 Å². The number of nitrogens with two attached hydrogens (primary N) is 1. The third-order valence-corrected chi connectivity index (χ3v) is 2.06. The molecular formula is C11H18N4O2. The first-order chi connectivity index (χ1) is 8.22. The van der Waals surface area contributed by atoms with Gasteiger partial charge in [-0.05, 0) is 12.1 Å². The molecule has 0 unspecified atom stereocenters. The van der Waals surface area contributed by atoms with E-state index in [1.165, 1.54) is 0 Å². The molecule has 0 spiro atoms. The number of anilines is 2. The van der Waals surface area contributed by atoms with Crippen molar-refractivity contribution in [2.75, 3.05) is 37.9 Å². The number of nitrogens with one attached hydrogen (secondary N) is 2. The van der Waals surface area contributed by atoms with Crippen molar-refractivity contribution in [1.29, 1.82) is 0 Å². The summed E-state index contributed by atoms with van der Waals surface area (Å²) in [6.07, 6.45) is 0.389. The van der Waals surface area contributed by atoms with Gasteiger partial charge in [-0.1, -0.05) is 6.07 Å². The van der Waals surface area contributed by atoms with Gasteiger partial charge in [0, 0.05) is 26.6 Å². The van der Waals surface area contributed by atoms with Gasteiger partial charge in [-0.15, -0.1) is 0 Å². The molecular weight excluding hydrogens is 220 g/mol. The van der Waals surface area contributed by atoms with Crippen molar-refractivity contribution in [3.63, 3.8) is 0 Å². The van der Waals surface area contributed by atoms with E-state index in [2.05, 4.69) is 15.6 Å². The molecule has 0 aliphatic rings. The molecule has 1 amide bonds. The SMILES string of the molecule is COCCNC(=O)CCNc1cccc(N)n1. The summed E-state index contributed by atoms with van der Waals surface area (Å²) in [5, 5.41) is 5.76. The van der Waals surface area contributed by atoms with Gasteiger partial charge < -0.3 is 21.1 Å². The van der Waals surface area contributed by atoms with Crippen LogP contribution in [0.3, 0.4) is 0 Å². The number of hydrogen-bond donors (Lipinski definition) is 3. The number of pyridine rings is 1. The lowest BCUT2D eigenvalue weighted by Gasteiger charge is -2.06. The van der Waals surface area contributed by atoms with Crippen molar-refractivity contribution in [2.45, 2.75) is 6.42 Å². The largest absolute Gasteiger partial charge is 0.384 e. The Balaban J connectivity index is 2.17. The molecule has 0 aliphatic heterocycles. The van der Waals surface area contributed by atoms with Crippen molar-refractivity contribution in [3.05, 3.63) is 18.2 Å². The topological polar surface area (TPSA) is 89.3 Å². The van der Waals surface area contributed by atoms with Gasteiger partial charge in [0.25, 0.3) is 0 Å². The Hall–Kier alpha value is -1.82. The summed E-state index contributed by atoms with van der Waals surface area (Å²) in [5.41, 5.74) is 5.53. The Morgan fingerprint density at radius 1 is 1.47 bits per heavy atom. The van der Waals surface area contributed by atoms with Crippen molar-refractivity contribution >= 4 is 17.5 Å². The first-order valence-electron chi connectivity index (χ1n) is 5.44. The molecule has 4 N–H and O–H groups in total. The fourth-order valence-electron chi connectivity index (χ4n) is 1.23. The van der Waals surface area contributed by atoms with Crippen molar-refractivity contribution in [2.24, 2.45) is 0 Å². The lowest BCUT2D eigenvalue weighted by atomic mass is 10.3. The van der Waals surface area contributed by atoms with Crippen LogP contribution in [0.15, 0.2) is 18.2 Å². The van der Waals surface area contributed by atoms with Crippen LogP contribution in [0.2, 0.25) is 0 Å². The third-order valence-electron chi connectivity index (χ3n) is 2.06. The molecule has 0 saturated heterocycles. The molecule has 0 aliphatic carbocycles. The molecule has 0 bridgehead atoms. The number of ether oxygens (including phenoxy) is 1. The number of carbonyl (C=O) groups excluding carboxylic acids is 1. The molecule has 0 atom stereocenters. The monoisotopic (exact) mass is 238 g/mol. The highest BCUT2D eigenvalue weighted by Gasteiger charge is 2.00. The highest BCUT2D eigenvalue weighted by Crippen LogP contribution is 2.05. The predicted octanol–water partition coefficient (Wildman–Crippen LogP) is 0.228. The lowest BCUT2D eigenvalue weighted by molar-refractivity contribution is -0.121. The minimum atomic E-state index is -0.0153. The van der Waals surface area contributed by atoms with Gasteiger partial charge in [0.1, 0.15) is 11.6 Å². The summed E-state index contributed by atoms with van der Waals surface area (Å²) >= 11 is 0. The van der Waals surface area contributed by atoms with Crippen LogP contribution >= 0.6 is 0 Å². The smallest absolute Gasteiger partial charge is 0.221 e. The maximum atomic E-state index is 11.3. The van der Waals surface area contributed by atoms with E-state index < -0.39 is 0 Å². The molecule has 1 heterocycles. The quantitative estimate of drug-likeness (QED) is 0.592. The zero-order valence-corrected chi connectivity index (χ0v) is 9.90. The number of aromatic nitrogens is 1. The number of amides is 1. The van der Waals surface area contributed by atoms with E-state index in [4.69, 9.17) is 10.5 Å². The molecule has 1 aromatic rings. The molecule has 0 aromatic carbocycles. The summed E-state index contributed by atoms with van der Waals surface area (Å²) in [4.78, 5) is 15.4. The van der Waals surface area contributed by atoms with E-state index in [-0.39, 0.29) is 5.91 Å². The first kappa shape index (κ1) is 13.2. The highest BCUT2D eigenvalue weighted by molar-refractivity contribution is 5.76. The summed E-state index contributed by atoms with van der Waals surface area (Å²) in [5.74, 6) is 1.12. The normalized spacial score (nSPS) is 9.94. The van der Waals surface area contributed by atoms with Crippen LogP contribution < -0.4 is 16.4 Å². The Morgan fingerprint density at radius 3 is 3.00 bits per heavy atom. The minimum Gasteiger partial charge on any atom is -0.384 e. The fraction of sp³-hybridized carbons (Fsp3) is 0.455. The van der Waals surface area contributed by atoms with E-state index in [1.807, 2.05) is 6.07 Å².